The van der Waals surface area contributed by atoms with Gasteiger partial charge in [0, 0.05) is 18.8 Å². The molecule has 4 aromatic rings. The van der Waals surface area contributed by atoms with Crippen molar-refractivity contribution in [3.05, 3.63) is 76.2 Å². The highest BCUT2D eigenvalue weighted by Gasteiger charge is 2.21. The molecular formula is C23H20N6OS. The number of H-pyrrole nitrogens is 1. The summed E-state index contributed by atoms with van der Waals surface area (Å²) < 4.78 is 2.42. The number of amides is 1. The van der Waals surface area contributed by atoms with Gasteiger partial charge in [-0.3, -0.25) is 4.79 Å². The van der Waals surface area contributed by atoms with Gasteiger partial charge in [-0.05, 0) is 24.6 Å². The van der Waals surface area contributed by atoms with Crippen LogP contribution in [-0.4, -0.2) is 27.0 Å². The average molecular weight is 429 g/mol. The fraction of sp³-hybridized carbons (Fsp3) is 0.130. The fourth-order valence-corrected chi connectivity index (χ4v) is 3.91. The summed E-state index contributed by atoms with van der Waals surface area (Å²) >= 11 is 5.49. The van der Waals surface area contributed by atoms with E-state index < -0.39 is 0 Å². The fourth-order valence-electron chi connectivity index (χ4n) is 3.65. The topological polar surface area (TPSA) is 113 Å². The summed E-state index contributed by atoms with van der Waals surface area (Å²) in [6.45, 7) is 2.64. The molecule has 154 valence electrons. The summed E-state index contributed by atoms with van der Waals surface area (Å²) in [7, 11) is 0. The Morgan fingerprint density at radius 3 is 2.81 bits per heavy atom. The van der Waals surface area contributed by atoms with Crippen LogP contribution < -0.4 is 11.1 Å². The van der Waals surface area contributed by atoms with Gasteiger partial charge >= 0.3 is 0 Å². The zero-order valence-corrected chi connectivity index (χ0v) is 17.7. The molecule has 0 radical (unpaired) electrons. The molecule has 0 saturated heterocycles. The number of benzene rings is 2. The Hall–Kier alpha value is -3.96. The number of carbonyl (C=O) groups excluding carboxylic acids is 1. The highest BCUT2D eigenvalue weighted by molar-refractivity contribution is 7.71. The molecule has 8 heteroatoms. The Morgan fingerprint density at radius 2 is 2.06 bits per heavy atom. The van der Waals surface area contributed by atoms with Crippen LogP contribution in [0, 0.1) is 22.9 Å². The molecule has 4 rings (SSSR count). The van der Waals surface area contributed by atoms with E-state index in [2.05, 4.69) is 21.4 Å². The van der Waals surface area contributed by atoms with E-state index in [0.29, 0.717) is 45.6 Å². The highest BCUT2D eigenvalue weighted by atomic mass is 32.1. The minimum Gasteiger partial charge on any atom is -0.398 e. The van der Waals surface area contributed by atoms with E-state index in [0.717, 1.165) is 16.8 Å². The number of hydrogen-bond donors (Lipinski definition) is 3. The maximum Gasteiger partial charge on any atom is 0.253 e. The lowest BCUT2D eigenvalue weighted by molar-refractivity contribution is 0.0953. The number of nitrogens with zero attached hydrogens (tertiary/aromatic N) is 3. The van der Waals surface area contributed by atoms with Gasteiger partial charge in [0.15, 0.2) is 0 Å². The second-order valence-electron chi connectivity index (χ2n) is 7.13. The number of aromatic amines is 1. The van der Waals surface area contributed by atoms with Crippen LogP contribution in [0.5, 0.6) is 0 Å². The molecule has 1 amide bonds. The first-order valence-electron chi connectivity index (χ1n) is 9.71. The van der Waals surface area contributed by atoms with Gasteiger partial charge < -0.3 is 20.6 Å². The number of aromatic nitrogens is 3. The lowest BCUT2D eigenvalue weighted by Gasteiger charge is -2.13. The third kappa shape index (κ3) is 3.79. The third-order valence-corrected chi connectivity index (χ3v) is 5.39. The van der Waals surface area contributed by atoms with E-state index in [1.165, 1.54) is 6.33 Å². The van der Waals surface area contributed by atoms with Crippen molar-refractivity contribution >= 4 is 34.8 Å². The number of nitrogens with two attached hydrogens (primary N) is 1. The number of aryl methyl sites for hydroxylation is 1. The Balaban J connectivity index is 1.72. The number of nitrogen functional groups attached to an aromatic ring is 1. The second kappa shape index (κ2) is 8.42. The maximum absolute atomic E-state index is 12.7. The molecule has 0 fully saturated rings. The SMILES string of the molecule is Cc1ccc(N)c(C(=O)NCCn2c(-c3ccccc3)c(C#N)c3nc[nH]c(=S)c32)c1. The van der Waals surface area contributed by atoms with Crippen LogP contribution in [0.15, 0.2) is 54.9 Å². The summed E-state index contributed by atoms with van der Waals surface area (Å²) in [6, 6.07) is 17.2. The first-order chi connectivity index (χ1) is 15.0. The maximum atomic E-state index is 12.7. The van der Waals surface area contributed by atoms with Crippen LogP contribution in [0.1, 0.15) is 21.5 Å². The van der Waals surface area contributed by atoms with Crippen LogP contribution in [0.4, 0.5) is 5.69 Å². The van der Waals surface area contributed by atoms with E-state index in [4.69, 9.17) is 18.0 Å². The number of rotatable bonds is 5. The predicted octanol–water partition coefficient (Wildman–Crippen LogP) is 3.95. The van der Waals surface area contributed by atoms with Crippen molar-refractivity contribution in [3.63, 3.8) is 0 Å². The molecule has 0 spiro atoms. The Bertz CT molecular complexity index is 1380. The smallest absolute Gasteiger partial charge is 0.253 e. The summed E-state index contributed by atoms with van der Waals surface area (Å²) in [6.07, 6.45) is 1.49. The van der Waals surface area contributed by atoms with Crippen molar-refractivity contribution in [1.29, 1.82) is 5.26 Å². The first kappa shape index (κ1) is 20.3. The molecule has 2 aromatic heterocycles. The molecule has 0 unspecified atom stereocenters. The summed E-state index contributed by atoms with van der Waals surface area (Å²) in [5.74, 6) is -0.247. The standard InChI is InChI=1S/C23H20N6OS/c1-14-7-8-18(25)16(11-14)22(30)26-9-10-29-20(15-5-3-2-4-6-15)17(12-24)19-21(29)23(31)28-13-27-19/h2-8,11,13H,9-10,25H2,1H3,(H,26,30)(H,27,28,31). The van der Waals surface area contributed by atoms with Crippen LogP contribution >= 0.6 is 12.2 Å². The highest BCUT2D eigenvalue weighted by Crippen LogP contribution is 2.32. The monoisotopic (exact) mass is 428 g/mol. The lowest BCUT2D eigenvalue weighted by atomic mass is 10.1. The Kier molecular flexibility index (Phi) is 5.52. The van der Waals surface area contributed by atoms with Crippen molar-refractivity contribution in [2.45, 2.75) is 13.5 Å². The minimum absolute atomic E-state index is 0.247. The molecule has 0 aliphatic heterocycles. The van der Waals surface area contributed by atoms with E-state index in [9.17, 15) is 10.1 Å². The van der Waals surface area contributed by atoms with Gasteiger partial charge in [0.2, 0.25) is 0 Å². The van der Waals surface area contributed by atoms with Gasteiger partial charge in [0.25, 0.3) is 5.91 Å². The van der Waals surface area contributed by atoms with Crippen LogP contribution in [-0.2, 0) is 6.54 Å². The molecule has 4 N–H and O–H groups in total. The van der Waals surface area contributed by atoms with Gasteiger partial charge in [-0.1, -0.05) is 54.2 Å². The first-order valence-corrected chi connectivity index (χ1v) is 10.1. The van der Waals surface area contributed by atoms with Crippen molar-refractivity contribution in [2.75, 3.05) is 12.3 Å². The van der Waals surface area contributed by atoms with E-state index >= 15 is 0 Å². The molecule has 0 aliphatic carbocycles. The molecule has 2 aromatic carbocycles. The molecule has 0 atom stereocenters. The molecule has 0 bridgehead atoms. The zero-order chi connectivity index (χ0) is 22.0. The van der Waals surface area contributed by atoms with Crippen LogP contribution in [0.3, 0.4) is 0 Å². The van der Waals surface area contributed by atoms with E-state index in [1.807, 2.05) is 47.9 Å². The van der Waals surface area contributed by atoms with E-state index in [-0.39, 0.29) is 5.91 Å². The quantitative estimate of drug-likeness (QED) is 0.329. The Morgan fingerprint density at radius 1 is 1.29 bits per heavy atom. The molecule has 7 nitrogen and oxygen atoms in total. The minimum atomic E-state index is -0.247. The van der Waals surface area contributed by atoms with Crippen LogP contribution in [0.2, 0.25) is 0 Å². The third-order valence-electron chi connectivity index (χ3n) is 5.08. The molecule has 2 heterocycles. The van der Waals surface area contributed by atoms with Crippen molar-refractivity contribution in [1.82, 2.24) is 19.9 Å². The predicted molar refractivity (Wildman–Crippen MR) is 123 cm³/mol. The number of carbonyl (C=O) groups is 1. The summed E-state index contributed by atoms with van der Waals surface area (Å²) in [4.78, 5) is 20.0. The van der Waals surface area contributed by atoms with Crippen molar-refractivity contribution < 1.29 is 4.79 Å². The average Bonchev–Trinajstić information content (AvgIpc) is 3.10. The number of anilines is 1. The molecule has 0 aliphatic rings. The van der Waals surface area contributed by atoms with Gasteiger partial charge in [0.05, 0.1) is 17.6 Å². The van der Waals surface area contributed by atoms with Gasteiger partial charge in [-0.2, -0.15) is 5.26 Å². The summed E-state index contributed by atoms with van der Waals surface area (Å²) in [5, 5.41) is 12.8. The Labute approximate surface area is 184 Å². The molecule has 31 heavy (non-hydrogen) atoms. The van der Waals surface area contributed by atoms with Gasteiger partial charge in [0.1, 0.15) is 27.3 Å². The number of nitriles is 1. The molecular weight excluding hydrogens is 408 g/mol. The summed E-state index contributed by atoms with van der Waals surface area (Å²) in [5.41, 5.74) is 11.0. The van der Waals surface area contributed by atoms with E-state index in [1.54, 1.807) is 12.1 Å². The molecule has 0 saturated carbocycles. The van der Waals surface area contributed by atoms with Crippen LogP contribution in [0.25, 0.3) is 22.3 Å². The largest absolute Gasteiger partial charge is 0.398 e. The van der Waals surface area contributed by atoms with Crippen molar-refractivity contribution in [2.24, 2.45) is 0 Å². The number of nitrogens with one attached hydrogen (secondary N) is 2. The number of hydrogen-bond acceptors (Lipinski definition) is 5. The van der Waals surface area contributed by atoms with Crippen molar-refractivity contribution in [3.8, 4) is 17.3 Å². The normalized spacial score (nSPS) is 10.7. The van der Waals surface area contributed by atoms with Gasteiger partial charge in [-0.15, -0.1) is 0 Å². The van der Waals surface area contributed by atoms with Gasteiger partial charge in [-0.25, -0.2) is 4.98 Å². The number of fused-ring (bicyclic) bond motifs is 1. The lowest BCUT2D eigenvalue weighted by Crippen LogP contribution is -2.28. The second-order valence-corrected chi connectivity index (χ2v) is 7.54. The zero-order valence-electron chi connectivity index (χ0n) is 16.8.